The molecule has 0 unspecified atom stereocenters. The van der Waals surface area contributed by atoms with Crippen LogP contribution in [0.15, 0.2) is 55.1 Å². The number of non-ortho nitro benzene ring substituents is 1. The summed E-state index contributed by atoms with van der Waals surface area (Å²) in [7, 11) is 0. The van der Waals surface area contributed by atoms with E-state index in [-0.39, 0.29) is 47.0 Å². The summed E-state index contributed by atoms with van der Waals surface area (Å²) in [6, 6.07) is 9.96. The number of nitrogens with zero attached hydrogens (tertiary/aromatic N) is 6. The number of carbonyl (C=O) groups excluding carboxylic acids is 2. The van der Waals surface area contributed by atoms with Crippen molar-refractivity contribution >= 4 is 57.0 Å². The number of carbonyl (C=O) groups is 2. The van der Waals surface area contributed by atoms with Gasteiger partial charge >= 0.3 is 11.3 Å². The summed E-state index contributed by atoms with van der Waals surface area (Å²) in [5, 5.41) is 19.2. The first-order valence-corrected chi connectivity index (χ1v) is 13.7. The van der Waals surface area contributed by atoms with E-state index in [9.17, 15) is 24.5 Å². The lowest BCUT2D eigenvalue weighted by atomic mass is 10.1. The molecule has 1 aliphatic rings. The van der Waals surface area contributed by atoms with Crippen molar-refractivity contribution < 1.29 is 23.6 Å². The number of aromatic nitrogens is 2. The maximum atomic E-state index is 13.2. The minimum atomic E-state index is -0.694. The number of rotatable bonds is 8. The zero-order valence-electron chi connectivity index (χ0n) is 21.9. The van der Waals surface area contributed by atoms with E-state index in [1.807, 2.05) is 26.0 Å². The van der Waals surface area contributed by atoms with Crippen LogP contribution in [0, 0.1) is 10.1 Å². The minimum absolute atomic E-state index is 0.0251. The van der Waals surface area contributed by atoms with Crippen LogP contribution in [0.5, 0.6) is 0 Å². The van der Waals surface area contributed by atoms with Crippen molar-refractivity contribution in [2.24, 2.45) is 0 Å². The highest BCUT2D eigenvalue weighted by atomic mass is 32.2. The Hall–Kier alpha value is -4.46. The highest BCUT2D eigenvalue weighted by Crippen LogP contribution is 2.32. The molecule has 0 bridgehead atoms. The number of fused-ring (bicyclic) bond motifs is 2. The second-order valence-electron chi connectivity index (χ2n) is 9.10. The van der Waals surface area contributed by atoms with Crippen molar-refractivity contribution in [1.29, 1.82) is 0 Å². The number of nitro groups is 1. The molecule has 1 fully saturated rings. The first-order valence-electron chi connectivity index (χ1n) is 12.7. The van der Waals surface area contributed by atoms with Gasteiger partial charge in [0.2, 0.25) is 11.4 Å². The smallest absolute Gasteiger partial charge is 0.349 e. The summed E-state index contributed by atoms with van der Waals surface area (Å²) in [6.45, 7) is 6.86. The fraction of sp³-hybridized carbons (Fsp3) is 0.346. The Morgan fingerprint density at radius 3 is 2.42 bits per heavy atom. The molecule has 0 saturated carbocycles. The molecular formula is C26H26N6O7S. The van der Waals surface area contributed by atoms with Crippen molar-refractivity contribution in [2.45, 2.75) is 18.7 Å². The molecule has 208 valence electrons. The molecule has 5 rings (SSSR count). The van der Waals surface area contributed by atoms with Crippen LogP contribution in [-0.2, 0) is 4.79 Å². The quantitative estimate of drug-likeness (QED) is 0.134. The number of piperazine rings is 1. The number of nitro benzene ring substituents is 1. The van der Waals surface area contributed by atoms with Gasteiger partial charge in [0.1, 0.15) is 11.1 Å². The number of anilines is 1. The van der Waals surface area contributed by atoms with Crippen LogP contribution in [0.4, 0.5) is 11.4 Å². The molecule has 0 radical (unpaired) electrons. The third-order valence-electron chi connectivity index (χ3n) is 6.90. The minimum Gasteiger partial charge on any atom is -0.422 e. The molecule has 14 heteroatoms. The molecule has 3 heterocycles. The molecule has 0 N–H and O–H groups in total. The van der Waals surface area contributed by atoms with Gasteiger partial charge in [-0.1, -0.05) is 0 Å². The Labute approximate surface area is 231 Å². The van der Waals surface area contributed by atoms with E-state index < -0.39 is 16.5 Å². The van der Waals surface area contributed by atoms with Gasteiger partial charge in [0.15, 0.2) is 5.52 Å². The van der Waals surface area contributed by atoms with E-state index in [0.717, 1.165) is 18.8 Å². The molecule has 0 aliphatic carbocycles. The van der Waals surface area contributed by atoms with Gasteiger partial charge < -0.3 is 19.1 Å². The van der Waals surface area contributed by atoms with Gasteiger partial charge in [-0.25, -0.2) is 9.42 Å². The molecule has 2 aromatic carbocycles. The van der Waals surface area contributed by atoms with E-state index in [1.165, 1.54) is 23.9 Å². The molecule has 1 saturated heterocycles. The molecule has 4 aromatic rings. The lowest BCUT2D eigenvalue weighted by Crippen LogP contribution is -2.51. The average Bonchev–Trinajstić information content (AvgIpc) is 3.46. The normalized spacial score (nSPS) is 13.7. The Morgan fingerprint density at radius 1 is 1.02 bits per heavy atom. The van der Waals surface area contributed by atoms with Crippen molar-refractivity contribution in [3.8, 4) is 0 Å². The van der Waals surface area contributed by atoms with Crippen molar-refractivity contribution in [2.75, 3.05) is 49.9 Å². The Morgan fingerprint density at radius 2 is 1.73 bits per heavy atom. The molecular weight excluding hydrogens is 540 g/mol. The first-order chi connectivity index (χ1) is 19.3. The Bertz CT molecular complexity index is 1660. The lowest BCUT2D eigenvalue weighted by molar-refractivity contribution is -0.383. The van der Waals surface area contributed by atoms with Crippen LogP contribution in [0.3, 0.4) is 0 Å². The summed E-state index contributed by atoms with van der Waals surface area (Å²) < 4.78 is 10.2. The van der Waals surface area contributed by atoms with Crippen LogP contribution >= 0.6 is 11.8 Å². The fourth-order valence-corrected chi connectivity index (χ4v) is 5.59. The molecule has 40 heavy (non-hydrogen) atoms. The maximum absolute atomic E-state index is 13.2. The molecule has 1 aliphatic heterocycles. The van der Waals surface area contributed by atoms with E-state index in [4.69, 9.17) is 4.42 Å². The summed E-state index contributed by atoms with van der Waals surface area (Å²) in [6.07, 6.45) is 0. The van der Waals surface area contributed by atoms with Crippen LogP contribution < -0.4 is 10.5 Å². The number of hydrogen-bond acceptors (Lipinski definition) is 11. The van der Waals surface area contributed by atoms with E-state index in [1.54, 1.807) is 21.9 Å². The second kappa shape index (κ2) is 11.3. The average molecular weight is 567 g/mol. The number of hydrogen-bond donors (Lipinski definition) is 0. The first kappa shape index (κ1) is 27.1. The standard InChI is InChI=1S/C26H26N6O7S/c1-3-29(4-2)17-6-5-16-13-18(26(35)38-20(16)14-17)25(34)31-11-9-30(10-12-31)22(33)15-40-21-8-7-19(32(36)37)23-24(21)28-39-27-23/h5-8,13-14H,3-4,9-12,15H2,1-2H3. The number of benzene rings is 2. The highest BCUT2D eigenvalue weighted by Gasteiger charge is 2.28. The SMILES string of the molecule is CCN(CC)c1ccc2cc(C(=O)N3CCN(C(=O)CSc4ccc([N+](=O)[O-])c5nonc45)CC3)c(=O)oc2c1. The zero-order valence-corrected chi connectivity index (χ0v) is 22.7. The van der Waals surface area contributed by atoms with E-state index in [0.29, 0.717) is 29.0 Å². The summed E-state index contributed by atoms with van der Waals surface area (Å²) in [4.78, 5) is 55.2. The van der Waals surface area contributed by atoms with Gasteiger partial charge in [0.25, 0.3) is 5.91 Å². The Kier molecular flexibility index (Phi) is 7.69. The predicted octanol–water partition coefficient (Wildman–Crippen LogP) is 3.16. The van der Waals surface area contributed by atoms with Gasteiger partial charge in [0, 0.05) is 67.4 Å². The lowest BCUT2D eigenvalue weighted by Gasteiger charge is -2.34. The fourth-order valence-electron chi connectivity index (χ4n) is 4.69. The van der Waals surface area contributed by atoms with Crippen LogP contribution in [-0.4, -0.2) is 81.9 Å². The monoisotopic (exact) mass is 566 g/mol. The maximum Gasteiger partial charge on any atom is 0.349 e. The van der Waals surface area contributed by atoms with Crippen molar-refractivity contribution in [3.05, 3.63) is 62.5 Å². The topological polar surface area (TPSA) is 156 Å². The van der Waals surface area contributed by atoms with Gasteiger partial charge in [-0.3, -0.25) is 19.7 Å². The molecule has 2 aromatic heterocycles. The van der Waals surface area contributed by atoms with Crippen LogP contribution in [0.1, 0.15) is 24.2 Å². The van der Waals surface area contributed by atoms with Gasteiger partial charge in [-0.2, -0.15) is 0 Å². The molecule has 0 spiro atoms. The largest absolute Gasteiger partial charge is 0.422 e. The number of thioether (sulfide) groups is 1. The zero-order chi connectivity index (χ0) is 28.4. The third kappa shape index (κ3) is 5.21. The van der Waals surface area contributed by atoms with Crippen molar-refractivity contribution in [3.63, 3.8) is 0 Å². The Balaban J connectivity index is 1.21. The van der Waals surface area contributed by atoms with Gasteiger partial charge in [-0.05, 0) is 48.4 Å². The molecule has 13 nitrogen and oxygen atoms in total. The third-order valence-corrected chi connectivity index (χ3v) is 7.93. The van der Waals surface area contributed by atoms with E-state index in [2.05, 4.69) is 19.8 Å². The predicted molar refractivity (Wildman–Crippen MR) is 148 cm³/mol. The van der Waals surface area contributed by atoms with E-state index >= 15 is 0 Å². The van der Waals surface area contributed by atoms with Crippen LogP contribution in [0.2, 0.25) is 0 Å². The summed E-state index contributed by atoms with van der Waals surface area (Å²) in [5.74, 6) is -0.525. The van der Waals surface area contributed by atoms with Crippen molar-refractivity contribution in [1.82, 2.24) is 20.1 Å². The van der Waals surface area contributed by atoms with Crippen LogP contribution in [0.25, 0.3) is 22.0 Å². The summed E-state index contributed by atoms with van der Waals surface area (Å²) >= 11 is 1.18. The molecule has 2 amide bonds. The highest BCUT2D eigenvalue weighted by molar-refractivity contribution is 8.00. The summed E-state index contributed by atoms with van der Waals surface area (Å²) in [5.41, 5.74) is 0.651. The second-order valence-corrected chi connectivity index (χ2v) is 10.1. The van der Waals surface area contributed by atoms with Gasteiger partial charge in [-0.15, -0.1) is 11.8 Å². The number of amides is 2. The van der Waals surface area contributed by atoms with Gasteiger partial charge in [0.05, 0.1) is 10.7 Å². The molecule has 0 atom stereocenters.